The zero-order valence-electron chi connectivity index (χ0n) is 7.37. The van der Waals surface area contributed by atoms with Gasteiger partial charge < -0.3 is 5.73 Å². The third-order valence-corrected chi connectivity index (χ3v) is 1.41. The highest BCUT2D eigenvalue weighted by atomic mass is 31.1. The molecule has 0 aromatic carbocycles. The molecule has 0 aliphatic heterocycles. The van der Waals surface area contributed by atoms with Crippen LogP contribution in [0, 0.1) is 0 Å². The molecule has 0 aromatic heterocycles. The molecule has 0 spiro atoms. The second-order valence-electron chi connectivity index (χ2n) is 1.47. The zero-order valence-corrected chi connectivity index (χ0v) is 8.27. The highest BCUT2D eigenvalue weighted by Crippen LogP contribution is 2.21. The summed E-state index contributed by atoms with van der Waals surface area (Å²) in [6, 6.07) is 0. The molecular weight excluding hydrogens is 165 g/mol. The van der Waals surface area contributed by atoms with E-state index in [9.17, 15) is 4.57 Å². The van der Waals surface area contributed by atoms with E-state index in [0.717, 1.165) is 6.54 Å². The van der Waals surface area contributed by atoms with Crippen molar-refractivity contribution in [1.29, 1.82) is 0 Å². The van der Waals surface area contributed by atoms with Crippen LogP contribution >= 0.6 is 8.25 Å². The lowest BCUT2D eigenvalue weighted by Crippen LogP contribution is -1.87. The third kappa shape index (κ3) is 17.8. The maximum absolute atomic E-state index is 10.3. The number of rotatable bonds is 4. The molecule has 5 heteroatoms. The Hall–Kier alpha value is -0.0200. The first-order chi connectivity index (χ1) is 5.22. The van der Waals surface area contributed by atoms with E-state index in [0.29, 0.717) is 13.2 Å². The summed E-state index contributed by atoms with van der Waals surface area (Å²) in [7, 11) is -1.83. The summed E-state index contributed by atoms with van der Waals surface area (Å²) in [5, 5.41) is 0. The predicted molar refractivity (Wildman–Crippen MR) is 45.6 cm³/mol. The van der Waals surface area contributed by atoms with Crippen LogP contribution in [0.4, 0.5) is 0 Å². The van der Waals surface area contributed by atoms with Crippen molar-refractivity contribution >= 4 is 8.25 Å². The van der Waals surface area contributed by atoms with Gasteiger partial charge in [-0.3, -0.25) is 0 Å². The largest absolute Gasteiger partial charge is 0.697 e. The molecule has 0 amide bonds. The summed E-state index contributed by atoms with van der Waals surface area (Å²) in [4.78, 5) is 0. The van der Waals surface area contributed by atoms with Crippen LogP contribution in [0.2, 0.25) is 0 Å². The van der Waals surface area contributed by atoms with Gasteiger partial charge in [-0.1, -0.05) is 6.92 Å². The fourth-order valence-electron chi connectivity index (χ4n) is 0.248. The van der Waals surface area contributed by atoms with Gasteiger partial charge in [0.2, 0.25) is 0 Å². The molecule has 0 rings (SSSR count). The maximum atomic E-state index is 10.3. The molecule has 0 aliphatic rings. The molecule has 0 aromatic rings. The molecule has 0 bridgehead atoms. The molecule has 0 saturated carbocycles. The Kier molecular flexibility index (Phi) is 15.6. The molecule has 2 N–H and O–H groups in total. The van der Waals surface area contributed by atoms with Gasteiger partial charge in [0.15, 0.2) is 0 Å². The standard InChI is InChI=1S/C4H10O3P.C2H7N/c1-3-6-8(5)7-4-2;1-2-3/h3-4H2,1-2H3;2-3H2,1H3/q+1;. The van der Waals surface area contributed by atoms with Crippen molar-refractivity contribution in [3.8, 4) is 0 Å². The van der Waals surface area contributed by atoms with Gasteiger partial charge in [-0.2, -0.15) is 0 Å². The third-order valence-electron chi connectivity index (χ3n) is 0.469. The van der Waals surface area contributed by atoms with E-state index < -0.39 is 8.25 Å². The van der Waals surface area contributed by atoms with E-state index in [2.05, 4.69) is 9.05 Å². The highest BCUT2D eigenvalue weighted by Gasteiger charge is 2.15. The van der Waals surface area contributed by atoms with Crippen molar-refractivity contribution in [1.82, 2.24) is 0 Å². The van der Waals surface area contributed by atoms with E-state index >= 15 is 0 Å². The molecule has 0 unspecified atom stereocenters. The summed E-state index contributed by atoms with van der Waals surface area (Å²) in [5.74, 6) is 0. The molecule has 68 valence electrons. The van der Waals surface area contributed by atoms with E-state index in [1.54, 1.807) is 13.8 Å². The first-order valence-corrected chi connectivity index (χ1v) is 4.75. The number of nitrogens with two attached hydrogens (primary N) is 1. The average molecular weight is 182 g/mol. The lowest BCUT2D eigenvalue weighted by atomic mass is 10.8. The Morgan fingerprint density at radius 3 is 1.64 bits per heavy atom. The smallest absolute Gasteiger partial charge is 0.331 e. The van der Waals surface area contributed by atoms with Crippen LogP contribution in [0.15, 0.2) is 0 Å². The summed E-state index contributed by atoms with van der Waals surface area (Å²) < 4.78 is 19.5. The first kappa shape index (κ1) is 13.6. The summed E-state index contributed by atoms with van der Waals surface area (Å²) >= 11 is 0. The summed E-state index contributed by atoms with van der Waals surface area (Å²) in [6.07, 6.45) is 0. The van der Waals surface area contributed by atoms with Gasteiger partial charge in [-0.25, -0.2) is 0 Å². The molecule has 0 fully saturated rings. The van der Waals surface area contributed by atoms with E-state index in [1.165, 1.54) is 0 Å². The molecule has 11 heavy (non-hydrogen) atoms. The zero-order chi connectivity index (χ0) is 9.11. The molecule has 0 atom stereocenters. The minimum Gasteiger partial charge on any atom is -0.331 e. The van der Waals surface area contributed by atoms with Gasteiger partial charge in [0.1, 0.15) is 13.2 Å². The SMILES string of the molecule is CCN.CCO[P+](=O)OCC. The monoisotopic (exact) mass is 182 g/mol. The van der Waals surface area contributed by atoms with Gasteiger partial charge in [0.25, 0.3) is 0 Å². The quantitative estimate of drug-likeness (QED) is 0.672. The predicted octanol–water partition coefficient (Wildman–Crippen LogP) is 1.68. The molecule has 0 radical (unpaired) electrons. The first-order valence-electron chi connectivity index (χ1n) is 3.65. The normalized spacial score (nSPS) is 8.36. The van der Waals surface area contributed by atoms with E-state index in [1.807, 2.05) is 6.92 Å². The second-order valence-corrected chi connectivity index (χ2v) is 2.43. The Balaban J connectivity index is 0. The van der Waals surface area contributed by atoms with Crippen LogP contribution in [0.1, 0.15) is 20.8 Å². The molecular formula is C6H17NO3P+. The lowest BCUT2D eigenvalue weighted by molar-refractivity contribution is 0.243. The molecule has 0 heterocycles. The Morgan fingerprint density at radius 2 is 1.45 bits per heavy atom. The van der Waals surface area contributed by atoms with Crippen LogP contribution in [-0.2, 0) is 13.6 Å². The highest BCUT2D eigenvalue weighted by molar-refractivity contribution is 7.33. The van der Waals surface area contributed by atoms with Gasteiger partial charge in [0.05, 0.1) is 0 Å². The van der Waals surface area contributed by atoms with E-state index in [4.69, 9.17) is 5.73 Å². The Labute approximate surface area is 69.0 Å². The molecule has 4 nitrogen and oxygen atoms in total. The van der Waals surface area contributed by atoms with Crippen LogP contribution < -0.4 is 5.73 Å². The summed E-state index contributed by atoms with van der Waals surface area (Å²) in [6.45, 7) is 7.07. The molecule has 0 saturated heterocycles. The van der Waals surface area contributed by atoms with Crippen molar-refractivity contribution < 1.29 is 13.6 Å². The van der Waals surface area contributed by atoms with Crippen molar-refractivity contribution in [2.45, 2.75) is 20.8 Å². The topological polar surface area (TPSA) is 61.5 Å². The molecule has 0 aliphatic carbocycles. The van der Waals surface area contributed by atoms with Gasteiger partial charge in [0, 0.05) is 4.57 Å². The maximum Gasteiger partial charge on any atom is 0.697 e. The number of hydrogen-bond acceptors (Lipinski definition) is 4. The van der Waals surface area contributed by atoms with Crippen LogP contribution in [0.5, 0.6) is 0 Å². The fraction of sp³-hybridized carbons (Fsp3) is 1.00. The lowest BCUT2D eigenvalue weighted by Gasteiger charge is -1.78. The van der Waals surface area contributed by atoms with Gasteiger partial charge in [-0.05, 0) is 20.4 Å². The fourth-order valence-corrected chi connectivity index (χ4v) is 0.744. The van der Waals surface area contributed by atoms with Crippen molar-refractivity contribution in [3.63, 3.8) is 0 Å². The second kappa shape index (κ2) is 12.6. The number of hydrogen-bond donors (Lipinski definition) is 1. The van der Waals surface area contributed by atoms with Crippen LogP contribution in [-0.4, -0.2) is 19.8 Å². The van der Waals surface area contributed by atoms with Crippen molar-refractivity contribution in [2.24, 2.45) is 5.73 Å². The summed E-state index contributed by atoms with van der Waals surface area (Å²) in [5.41, 5.74) is 4.85. The minimum atomic E-state index is -1.83. The van der Waals surface area contributed by atoms with Gasteiger partial charge >= 0.3 is 8.25 Å². The van der Waals surface area contributed by atoms with Crippen molar-refractivity contribution in [2.75, 3.05) is 19.8 Å². The Morgan fingerprint density at radius 1 is 1.18 bits per heavy atom. The van der Waals surface area contributed by atoms with Crippen LogP contribution in [0.25, 0.3) is 0 Å². The van der Waals surface area contributed by atoms with Gasteiger partial charge in [-0.15, -0.1) is 9.05 Å². The Bertz CT molecular complexity index is 81.9. The minimum absolute atomic E-state index is 0.440. The average Bonchev–Trinajstić information content (AvgIpc) is 1.90. The van der Waals surface area contributed by atoms with Crippen molar-refractivity contribution in [3.05, 3.63) is 0 Å². The van der Waals surface area contributed by atoms with E-state index in [-0.39, 0.29) is 0 Å². The van der Waals surface area contributed by atoms with Crippen LogP contribution in [0.3, 0.4) is 0 Å².